The number of hydrogen-bond donors (Lipinski definition) is 1. The number of hydrogen-bond acceptors (Lipinski definition) is 4. The van der Waals surface area contributed by atoms with Crippen molar-refractivity contribution in [1.82, 2.24) is 10.2 Å². The molecule has 0 aliphatic carbocycles. The van der Waals surface area contributed by atoms with Crippen LogP contribution in [-0.2, 0) is 6.42 Å². The van der Waals surface area contributed by atoms with Crippen LogP contribution in [0.1, 0.15) is 18.4 Å². The van der Waals surface area contributed by atoms with Gasteiger partial charge in [0.25, 0.3) is 5.69 Å². The molecule has 0 aromatic heterocycles. The highest BCUT2D eigenvalue weighted by Gasteiger charge is 2.24. The molecule has 1 heterocycles. The van der Waals surface area contributed by atoms with Crippen molar-refractivity contribution in [2.24, 2.45) is 0 Å². The van der Waals surface area contributed by atoms with E-state index < -0.39 is 0 Å². The smallest absolute Gasteiger partial charge is 0.272 e. The van der Waals surface area contributed by atoms with Crippen molar-refractivity contribution in [2.45, 2.75) is 25.3 Å². The lowest BCUT2D eigenvalue weighted by atomic mass is 10.1. The highest BCUT2D eigenvalue weighted by molar-refractivity contribution is 5.39. The average molecular weight is 263 g/mol. The molecule has 1 atom stereocenters. The zero-order valence-corrected chi connectivity index (χ0v) is 11.3. The van der Waals surface area contributed by atoms with Crippen molar-refractivity contribution in [2.75, 3.05) is 26.7 Å². The molecular formula is C14H21N3O2. The minimum atomic E-state index is -0.287. The Morgan fingerprint density at radius 3 is 3.00 bits per heavy atom. The SMILES string of the molecule is CNCC1CCCN1CCc1ccccc1[N+](=O)[O-]. The molecular weight excluding hydrogens is 242 g/mol. The van der Waals surface area contributed by atoms with Gasteiger partial charge in [-0.15, -0.1) is 0 Å². The van der Waals surface area contributed by atoms with E-state index in [1.165, 1.54) is 12.8 Å². The van der Waals surface area contributed by atoms with Gasteiger partial charge in [0.1, 0.15) is 0 Å². The summed E-state index contributed by atoms with van der Waals surface area (Å²) in [7, 11) is 1.97. The summed E-state index contributed by atoms with van der Waals surface area (Å²) < 4.78 is 0. The zero-order chi connectivity index (χ0) is 13.7. The Morgan fingerprint density at radius 1 is 1.47 bits per heavy atom. The molecule has 0 radical (unpaired) electrons. The molecule has 1 fully saturated rings. The van der Waals surface area contributed by atoms with Gasteiger partial charge in [-0.2, -0.15) is 0 Å². The van der Waals surface area contributed by atoms with Gasteiger partial charge < -0.3 is 5.32 Å². The van der Waals surface area contributed by atoms with Gasteiger partial charge in [-0.1, -0.05) is 18.2 Å². The van der Waals surface area contributed by atoms with Crippen LogP contribution in [0.5, 0.6) is 0 Å². The van der Waals surface area contributed by atoms with E-state index >= 15 is 0 Å². The second-order valence-electron chi connectivity index (χ2n) is 5.03. The summed E-state index contributed by atoms with van der Waals surface area (Å²) in [6.07, 6.45) is 3.19. The second-order valence-corrected chi connectivity index (χ2v) is 5.03. The summed E-state index contributed by atoms with van der Waals surface area (Å²) in [4.78, 5) is 13.1. The van der Waals surface area contributed by atoms with E-state index in [1.54, 1.807) is 12.1 Å². The summed E-state index contributed by atoms with van der Waals surface area (Å²) in [6, 6.07) is 7.62. The molecule has 1 aliphatic rings. The van der Waals surface area contributed by atoms with E-state index in [-0.39, 0.29) is 10.6 Å². The van der Waals surface area contributed by atoms with Gasteiger partial charge in [-0.25, -0.2) is 0 Å². The fraction of sp³-hybridized carbons (Fsp3) is 0.571. The minimum Gasteiger partial charge on any atom is -0.318 e. The molecule has 1 aromatic rings. The van der Waals surface area contributed by atoms with E-state index in [9.17, 15) is 10.1 Å². The highest BCUT2D eigenvalue weighted by atomic mass is 16.6. The van der Waals surface area contributed by atoms with Crippen LogP contribution in [0.15, 0.2) is 24.3 Å². The predicted octanol–water partition coefficient (Wildman–Crippen LogP) is 1.82. The number of likely N-dealkylation sites (N-methyl/N-ethyl adjacent to an activating group) is 1. The number of para-hydroxylation sites is 1. The van der Waals surface area contributed by atoms with Gasteiger partial charge >= 0.3 is 0 Å². The van der Waals surface area contributed by atoms with Gasteiger partial charge in [-0.05, 0) is 32.9 Å². The van der Waals surface area contributed by atoms with Crippen molar-refractivity contribution in [3.8, 4) is 0 Å². The molecule has 0 bridgehead atoms. The fourth-order valence-electron chi connectivity index (χ4n) is 2.82. The van der Waals surface area contributed by atoms with Gasteiger partial charge in [-0.3, -0.25) is 15.0 Å². The van der Waals surface area contributed by atoms with E-state index in [2.05, 4.69) is 10.2 Å². The van der Waals surface area contributed by atoms with Gasteiger partial charge in [0.05, 0.1) is 4.92 Å². The fourth-order valence-corrected chi connectivity index (χ4v) is 2.82. The second kappa shape index (κ2) is 6.63. The molecule has 1 saturated heterocycles. The number of nitrogens with zero attached hydrogens (tertiary/aromatic N) is 2. The first-order valence-electron chi connectivity index (χ1n) is 6.83. The monoisotopic (exact) mass is 263 g/mol. The third kappa shape index (κ3) is 3.52. The Bertz CT molecular complexity index is 436. The van der Waals surface area contributed by atoms with Gasteiger partial charge in [0.15, 0.2) is 0 Å². The lowest BCUT2D eigenvalue weighted by Gasteiger charge is -2.24. The number of nitro groups is 1. The van der Waals surface area contributed by atoms with Crippen molar-refractivity contribution in [3.05, 3.63) is 39.9 Å². The van der Waals surface area contributed by atoms with Crippen LogP contribution in [0.25, 0.3) is 0 Å². The predicted molar refractivity (Wildman–Crippen MR) is 75.3 cm³/mol. The summed E-state index contributed by atoms with van der Waals surface area (Å²) in [5, 5.41) is 14.2. The number of nitro benzene ring substituents is 1. The van der Waals surface area contributed by atoms with Crippen molar-refractivity contribution in [1.29, 1.82) is 0 Å². The molecule has 104 valence electrons. The molecule has 5 nitrogen and oxygen atoms in total. The Morgan fingerprint density at radius 2 is 2.26 bits per heavy atom. The Labute approximate surface area is 113 Å². The largest absolute Gasteiger partial charge is 0.318 e. The van der Waals surface area contributed by atoms with Crippen LogP contribution < -0.4 is 5.32 Å². The van der Waals surface area contributed by atoms with E-state index in [1.807, 2.05) is 19.2 Å². The maximum absolute atomic E-state index is 11.0. The quantitative estimate of drug-likeness (QED) is 0.628. The molecule has 0 spiro atoms. The molecule has 19 heavy (non-hydrogen) atoms. The van der Waals surface area contributed by atoms with Crippen LogP contribution in [0, 0.1) is 10.1 Å². The van der Waals surface area contributed by atoms with E-state index in [4.69, 9.17) is 0 Å². The molecule has 5 heteroatoms. The van der Waals surface area contributed by atoms with Crippen molar-refractivity contribution >= 4 is 5.69 Å². The number of likely N-dealkylation sites (tertiary alicyclic amines) is 1. The van der Waals surface area contributed by atoms with Crippen LogP contribution in [-0.4, -0.2) is 42.5 Å². The molecule has 2 rings (SSSR count). The molecule has 1 aliphatic heterocycles. The number of rotatable bonds is 6. The molecule has 0 amide bonds. The summed E-state index contributed by atoms with van der Waals surface area (Å²) in [6.45, 7) is 3.00. The first kappa shape index (κ1) is 14.0. The third-order valence-corrected chi connectivity index (χ3v) is 3.80. The first-order chi connectivity index (χ1) is 9.22. The minimum absolute atomic E-state index is 0.242. The number of benzene rings is 1. The zero-order valence-electron chi connectivity index (χ0n) is 11.3. The van der Waals surface area contributed by atoms with Crippen LogP contribution >= 0.6 is 0 Å². The van der Waals surface area contributed by atoms with E-state index in [0.717, 1.165) is 31.6 Å². The topological polar surface area (TPSA) is 58.4 Å². The lowest BCUT2D eigenvalue weighted by molar-refractivity contribution is -0.385. The lowest BCUT2D eigenvalue weighted by Crippen LogP contribution is -2.37. The van der Waals surface area contributed by atoms with Crippen LogP contribution in [0.3, 0.4) is 0 Å². The maximum Gasteiger partial charge on any atom is 0.272 e. The molecule has 0 saturated carbocycles. The summed E-state index contributed by atoms with van der Waals surface area (Å²) >= 11 is 0. The van der Waals surface area contributed by atoms with Crippen molar-refractivity contribution < 1.29 is 4.92 Å². The molecule has 1 unspecified atom stereocenters. The highest BCUT2D eigenvalue weighted by Crippen LogP contribution is 2.21. The first-order valence-corrected chi connectivity index (χ1v) is 6.83. The summed E-state index contributed by atoms with van der Waals surface area (Å²) in [5.41, 5.74) is 1.08. The van der Waals surface area contributed by atoms with Crippen molar-refractivity contribution in [3.63, 3.8) is 0 Å². The Balaban J connectivity index is 1.97. The van der Waals surface area contributed by atoms with Crippen LogP contribution in [0.4, 0.5) is 5.69 Å². The van der Waals surface area contributed by atoms with Crippen LogP contribution in [0.2, 0.25) is 0 Å². The normalized spacial score (nSPS) is 19.7. The Hall–Kier alpha value is -1.46. The third-order valence-electron chi connectivity index (χ3n) is 3.80. The Kier molecular flexibility index (Phi) is 4.87. The summed E-state index contributed by atoms with van der Waals surface area (Å²) in [5.74, 6) is 0. The maximum atomic E-state index is 11.0. The van der Waals surface area contributed by atoms with Gasteiger partial charge in [0, 0.05) is 30.8 Å². The van der Waals surface area contributed by atoms with E-state index in [0.29, 0.717) is 6.04 Å². The molecule has 1 N–H and O–H groups in total. The standard InChI is InChI=1S/C14H21N3O2/c1-15-11-13-6-4-9-16(13)10-8-12-5-2-3-7-14(12)17(18)19/h2-3,5,7,13,15H,4,6,8-11H2,1H3. The average Bonchev–Trinajstić information content (AvgIpc) is 2.84. The number of nitrogens with one attached hydrogen (secondary N) is 1. The van der Waals surface area contributed by atoms with Gasteiger partial charge in [0.2, 0.25) is 0 Å². The molecule has 1 aromatic carbocycles.